The molecule has 23 heavy (non-hydrogen) atoms. The number of hydrogen-bond acceptors (Lipinski definition) is 5. The minimum Gasteiger partial charge on any atom is -0.377 e. The molecule has 0 N–H and O–H groups in total. The summed E-state index contributed by atoms with van der Waals surface area (Å²) in [7, 11) is 1.63. The number of nitrogens with zero attached hydrogens (tertiary/aromatic N) is 3. The Morgan fingerprint density at radius 3 is 2.65 bits per heavy atom. The van der Waals surface area contributed by atoms with Gasteiger partial charge in [-0.25, -0.2) is 0 Å². The van der Waals surface area contributed by atoms with E-state index in [1.54, 1.807) is 7.11 Å². The predicted octanol–water partition coefficient (Wildman–Crippen LogP) is 3.81. The van der Waals surface area contributed by atoms with Gasteiger partial charge in [-0.2, -0.15) is 4.98 Å². The first-order valence-corrected chi connectivity index (χ1v) is 8.36. The zero-order chi connectivity index (χ0) is 16.2. The summed E-state index contributed by atoms with van der Waals surface area (Å²) in [5.41, 5.74) is 1.38. The minimum atomic E-state index is 0.138. The Labute approximate surface area is 141 Å². The summed E-state index contributed by atoms with van der Waals surface area (Å²) in [5, 5.41) is 4.74. The Hall–Kier alpha value is -1.43. The van der Waals surface area contributed by atoms with Gasteiger partial charge < -0.3 is 9.26 Å². The number of hydrogen-bond donors (Lipinski definition) is 0. The quantitative estimate of drug-likeness (QED) is 0.831. The molecule has 0 radical (unpaired) electrons. The van der Waals surface area contributed by atoms with Crippen LogP contribution in [-0.2, 0) is 11.3 Å². The maximum atomic E-state index is 5.97. The molecule has 1 saturated heterocycles. The third kappa shape index (κ3) is 3.91. The van der Waals surface area contributed by atoms with E-state index in [-0.39, 0.29) is 6.04 Å². The molecule has 1 aromatic heterocycles. The molecule has 1 fully saturated rings. The Bertz CT molecular complexity index is 621. The molecule has 2 aromatic rings. The average molecular weight is 336 g/mol. The van der Waals surface area contributed by atoms with E-state index in [9.17, 15) is 0 Å². The van der Waals surface area contributed by atoms with Gasteiger partial charge >= 0.3 is 0 Å². The maximum absolute atomic E-state index is 5.97. The standard InChI is InChI=1S/C17H22ClN3O2/c1-12(17-19-16(11-22-2)20-23-17)21-9-7-14(8-10-21)13-3-5-15(18)6-4-13/h3-6,12,14H,7-11H2,1-2H3. The van der Waals surface area contributed by atoms with E-state index in [2.05, 4.69) is 34.1 Å². The number of halogens is 1. The molecule has 6 heteroatoms. The van der Waals surface area contributed by atoms with Crippen LogP contribution < -0.4 is 0 Å². The number of ether oxygens (including phenoxy) is 1. The second kappa shape index (κ2) is 7.43. The van der Waals surface area contributed by atoms with Crippen molar-refractivity contribution in [2.45, 2.75) is 38.3 Å². The summed E-state index contributed by atoms with van der Waals surface area (Å²) >= 11 is 5.97. The van der Waals surface area contributed by atoms with Gasteiger partial charge in [0.15, 0.2) is 5.82 Å². The van der Waals surface area contributed by atoms with Crippen molar-refractivity contribution in [2.75, 3.05) is 20.2 Å². The van der Waals surface area contributed by atoms with Crippen molar-refractivity contribution in [3.8, 4) is 0 Å². The molecule has 124 valence electrons. The molecular formula is C17H22ClN3O2. The second-order valence-electron chi connectivity index (χ2n) is 6.02. The van der Waals surface area contributed by atoms with Gasteiger partial charge in [0.25, 0.3) is 0 Å². The van der Waals surface area contributed by atoms with E-state index in [1.165, 1.54) is 5.56 Å². The van der Waals surface area contributed by atoms with Gasteiger partial charge in [0, 0.05) is 12.1 Å². The van der Waals surface area contributed by atoms with Gasteiger partial charge in [-0.05, 0) is 56.5 Å². The molecule has 1 unspecified atom stereocenters. The first kappa shape index (κ1) is 16.4. The topological polar surface area (TPSA) is 51.4 Å². The SMILES string of the molecule is COCc1noc(C(C)N2CCC(c3ccc(Cl)cc3)CC2)n1. The van der Waals surface area contributed by atoms with Crippen LogP contribution in [0.25, 0.3) is 0 Å². The Balaban J connectivity index is 1.58. The molecule has 0 aliphatic carbocycles. The number of piperidine rings is 1. The van der Waals surface area contributed by atoms with E-state index in [4.69, 9.17) is 20.9 Å². The van der Waals surface area contributed by atoms with Gasteiger partial charge in [-0.3, -0.25) is 4.90 Å². The predicted molar refractivity (Wildman–Crippen MR) is 88.4 cm³/mol. The van der Waals surface area contributed by atoms with E-state index < -0.39 is 0 Å². The molecular weight excluding hydrogens is 314 g/mol. The lowest BCUT2D eigenvalue weighted by Gasteiger charge is -2.34. The Kier molecular flexibility index (Phi) is 5.30. The molecule has 1 aliphatic rings. The van der Waals surface area contributed by atoms with Crippen LogP contribution in [0.1, 0.15) is 49.0 Å². The normalized spacial score (nSPS) is 18.2. The van der Waals surface area contributed by atoms with Crippen LogP contribution >= 0.6 is 11.6 Å². The molecule has 1 atom stereocenters. The maximum Gasteiger partial charge on any atom is 0.243 e. The lowest BCUT2D eigenvalue weighted by Crippen LogP contribution is -2.35. The summed E-state index contributed by atoms with van der Waals surface area (Å²) in [6.45, 7) is 4.55. The number of aromatic nitrogens is 2. The molecule has 1 aromatic carbocycles. The fraction of sp³-hybridized carbons (Fsp3) is 0.529. The van der Waals surface area contributed by atoms with Crippen molar-refractivity contribution in [3.63, 3.8) is 0 Å². The third-order valence-corrected chi connectivity index (χ3v) is 4.79. The number of methoxy groups -OCH3 is 1. The van der Waals surface area contributed by atoms with E-state index in [1.807, 2.05) is 12.1 Å². The van der Waals surface area contributed by atoms with Crippen LogP contribution in [0.2, 0.25) is 5.02 Å². The van der Waals surface area contributed by atoms with Gasteiger partial charge in [-0.1, -0.05) is 28.9 Å². The zero-order valence-electron chi connectivity index (χ0n) is 13.5. The first-order valence-electron chi connectivity index (χ1n) is 7.98. The molecule has 3 rings (SSSR count). The van der Waals surface area contributed by atoms with E-state index in [0.717, 1.165) is 31.0 Å². The fourth-order valence-corrected chi connectivity index (χ4v) is 3.26. The minimum absolute atomic E-state index is 0.138. The lowest BCUT2D eigenvalue weighted by molar-refractivity contribution is 0.136. The van der Waals surface area contributed by atoms with Gasteiger partial charge in [-0.15, -0.1) is 0 Å². The summed E-state index contributed by atoms with van der Waals surface area (Å²) in [6.07, 6.45) is 2.26. The van der Waals surface area contributed by atoms with Crippen LogP contribution in [-0.4, -0.2) is 35.2 Å². The van der Waals surface area contributed by atoms with Gasteiger partial charge in [0.1, 0.15) is 6.61 Å². The van der Waals surface area contributed by atoms with Gasteiger partial charge in [0.05, 0.1) is 6.04 Å². The Morgan fingerprint density at radius 2 is 2.00 bits per heavy atom. The largest absolute Gasteiger partial charge is 0.377 e. The monoisotopic (exact) mass is 335 g/mol. The van der Waals surface area contributed by atoms with Crippen LogP contribution in [0.4, 0.5) is 0 Å². The number of likely N-dealkylation sites (tertiary alicyclic amines) is 1. The third-order valence-electron chi connectivity index (χ3n) is 4.53. The van der Waals surface area contributed by atoms with Gasteiger partial charge in [0.2, 0.25) is 5.89 Å². The molecule has 2 heterocycles. The highest BCUT2D eigenvalue weighted by atomic mass is 35.5. The second-order valence-corrected chi connectivity index (χ2v) is 6.46. The lowest BCUT2D eigenvalue weighted by atomic mass is 9.89. The molecule has 1 aliphatic heterocycles. The Morgan fingerprint density at radius 1 is 1.30 bits per heavy atom. The number of rotatable bonds is 5. The van der Waals surface area contributed by atoms with Crippen molar-refractivity contribution in [3.05, 3.63) is 46.6 Å². The molecule has 0 bridgehead atoms. The van der Waals surface area contributed by atoms with Crippen molar-refractivity contribution in [2.24, 2.45) is 0 Å². The van der Waals surface area contributed by atoms with Crippen LogP contribution in [0, 0.1) is 0 Å². The van der Waals surface area contributed by atoms with Crippen LogP contribution in [0.5, 0.6) is 0 Å². The summed E-state index contributed by atoms with van der Waals surface area (Å²) in [5.74, 6) is 1.87. The van der Waals surface area contributed by atoms with Crippen molar-refractivity contribution < 1.29 is 9.26 Å². The zero-order valence-corrected chi connectivity index (χ0v) is 14.3. The summed E-state index contributed by atoms with van der Waals surface area (Å²) < 4.78 is 10.4. The van der Waals surface area contributed by atoms with Crippen LogP contribution in [0.3, 0.4) is 0 Å². The molecule has 5 nitrogen and oxygen atoms in total. The highest BCUT2D eigenvalue weighted by Crippen LogP contribution is 2.32. The van der Waals surface area contributed by atoms with E-state index in [0.29, 0.717) is 24.2 Å². The van der Waals surface area contributed by atoms with Crippen molar-refractivity contribution >= 4 is 11.6 Å². The molecule has 0 saturated carbocycles. The highest BCUT2D eigenvalue weighted by molar-refractivity contribution is 6.30. The number of benzene rings is 1. The average Bonchev–Trinajstić information content (AvgIpc) is 3.04. The summed E-state index contributed by atoms with van der Waals surface area (Å²) in [6, 6.07) is 8.37. The van der Waals surface area contributed by atoms with E-state index >= 15 is 0 Å². The van der Waals surface area contributed by atoms with Crippen molar-refractivity contribution in [1.82, 2.24) is 15.0 Å². The highest BCUT2D eigenvalue weighted by Gasteiger charge is 2.27. The first-order chi connectivity index (χ1) is 11.2. The molecule has 0 spiro atoms. The smallest absolute Gasteiger partial charge is 0.243 e. The molecule has 0 amide bonds. The van der Waals surface area contributed by atoms with Crippen LogP contribution in [0.15, 0.2) is 28.8 Å². The summed E-state index contributed by atoms with van der Waals surface area (Å²) in [4.78, 5) is 6.80. The van der Waals surface area contributed by atoms with Crippen molar-refractivity contribution in [1.29, 1.82) is 0 Å². The fourth-order valence-electron chi connectivity index (χ4n) is 3.14.